The Morgan fingerprint density at radius 2 is 2.46 bits per heavy atom. The Bertz CT molecular complexity index is 172. The molecule has 0 aromatic heterocycles. The number of hydrogen-bond donors (Lipinski definition) is 1. The first kappa shape index (κ1) is 10.5. The van der Waals surface area contributed by atoms with E-state index in [4.69, 9.17) is 15.2 Å². The number of hydrogen-bond acceptors (Lipinski definition) is 4. The second-order valence-corrected chi connectivity index (χ2v) is 3.25. The van der Waals surface area contributed by atoms with Gasteiger partial charge in [-0.2, -0.15) is 0 Å². The normalized spacial score (nSPS) is 28.5. The molecule has 1 fully saturated rings. The summed E-state index contributed by atoms with van der Waals surface area (Å²) in [4.78, 5) is 11.3. The third kappa shape index (κ3) is 2.97. The van der Waals surface area contributed by atoms with Gasteiger partial charge in [0.2, 0.25) is 0 Å². The quantitative estimate of drug-likeness (QED) is 0.520. The minimum absolute atomic E-state index is 0.0118. The van der Waals surface area contributed by atoms with Gasteiger partial charge in [0.05, 0.1) is 12.0 Å². The summed E-state index contributed by atoms with van der Waals surface area (Å²) in [6, 6.07) is 0. The lowest BCUT2D eigenvalue weighted by Gasteiger charge is -2.27. The maximum atomic E-state index is 11.3. The Morgan fingerprint density at radius 1 is 1.69 bits per heavy atom. The maximum absolute atomic E-state index is 11.3. The van der Waals surface area contributed by atoms with Gasteiger partial charge in [-0.25, -0.2) is 0 Å². The predicted molar refractivity (Wildman–Crippen MR) is 47.9 cm³/mol. The lowest BCUT2D eigenvalue weighted by Crippen LogP contribution is -2.31. The van der Waals surface area contributed by atoms with Crippen molar-refractivity contribution < 1.29 is 14.3 Å². The maximum Gasteiger partial charge on any atom is 0.310 e. The predicted octanol–water partition coefficient (Wildman–Crippen LogP) is 0.651. The number of rotatable bonds is 3. The number of nitrogens with two attached hydrogens (primary N) is 1. The highest BCUT2D eigenvalue weighted by Gasteiger charge is 2.27. The molecule has 1 aliphatic heterocycles. The lowest BCUT2D eigenvalue weighted by molar-refractivity contribution is -0.153. The van der Waals surface area contributed by atoms with Crippen molar-refractivity contribution in [3.63, 3.8) is 0 Å². The van der Waals surface area contributed by atoms with Gasteiger partial charge in [0, 0.05) is 6.61 Å². The van der Waals surface area contributed by atoms with Crippen LogP contribution >= 0.6 is 0 Å². The molecule has 1 aliphatic rings. The summed E-state index contributed by atoms with van der Waals surface area (Å²) >= 11 is 0. The minimum Gasteiger partial charge on any atom is -0.450 e. The van der Waals surface area contributed by atoms with E-state index in [-0.39, 0.29) is 24.7 Å². The largest absolute Gasteiger partial charge is 0.450 e. The van der Waals surface area contributed by atoms with Gasteiger partial charge in [-0.15, -0.1) is 0 Å². The molecular formula is C9H17NO3. The standard InChI is InChI=1S/C9H17NO3/c1-2-8-5-7(3-4-12-8)9(11)13-6-10/h7-8H,2-6,10H2,1H3. The SMILES string of the molecule is CCC1CC(C(=O)OCN)CCO1. The zero-order chi connectivity index (χ0) is 9.68. The van der Waals surface area contributed by atoms with Crippen LogP contribution < -0.4 is 5.73 Å². The summed E-state index contributed by atoms with van der Waals surface area (Å²) in [5.74, 6) is -0.188. The van der Waals surface area contributed by atoms with Gasteiger partial charge in [0.15, 0.2) is 0 Å². The molecule has 0 amide bonds. The van der Waals surface area contributed by atoms with Crippen LogP contribution in [-0.2, 0) is 14.3 Å². The molecule has 0 saturated carbocycles. The summed E-state index contributed by atoms with van der Waals surface area (Å²) in [6.07, 6.45) is 2.70. The van der Waals surface area contributed by atoms with E-state index < -0.39 is 0 Å². The van der Waals surface area contributed by atoms with E-state index >= 15 is 0 Å². The third-order valence-electron chi connectivity index (χ3n) is 2.38. The zero-order valence-corrected chi connectivity index (χ0v) is 7.99. The van der Waals surface area contributed by atoms with Gasteiger partial charge in [-0.3, -0.25) is 10.5 Å². The fraction of sp³-hybridized carbons (Fsp3) is 0.889. The van der Waals surface area contributed by atoms with Gasteiger partial charge in [-0.05, 0) is 19.3 Å². The van der Waals surface area contributed by atoms with Gasteiger partial charge < -0.3 is 9.47 Å². The molecule has 0 aromatic rings. The smallest absolute Gasteiger partial charge is 0.310 e. The van der Waals surface area contributed by atoms with Crippen LogP contribution in [0.1, 0.15) is 26.2 Å². The second kappa shape index (κ2) is 5.19. The van der Waals surface area contributed by atoms with Crippen molar-refractivity contribution in [2.45, 2.75) is 32.3 Å². The molecule has 1 saturated heterocycles. The Kier molecular flexibility index (Phi) is 4.18. The summed E-state index contributed by atoms with van der Waals surface area (Å²) in [5.41, 5.74) is 5.13. The lowest BCUT2D eigenvalue weighted by atomic mass is 9.94. The highest BCUT2D eigenvalue weighted by atomic mass is 16.5. The van der Waals surface area contributed by atoms with Crippen molar-refractivity contribution in [2.75, 3.05) is 13.3 Å². The minimum atomic E-state index is -0.177. The molecule has 4 nitrogen and oxygen atoms in total. The second-order valence-electron chi connectivity index (χ2n) is 3.25. The van der Waals surface area contributed by atoms with Crippen LogP contribution in [0.25, 0.3) is 0 Å². The molecular weight excluding hydrogens is 170 g/mol. The summed E-state index contributed by atoms with van der Waals surface area (Å²) < 4.78 is 10.2. The highest BCUT2D eigenvalue weighted by Crippen LogP contribution is 2.22. The van der Waals surface area contributed by atoms with Gasteiger partial charge in [0.25, 0.3) is 0 Å². The van der Waals surface area contributed by atoms with Crippen LogP contribution in [0.2, 0.25) is 0 Å². The van der Waals surface area contributed by atoms with E-state index in [0.717, 1.165) is 19.3 Å². The number of carbonyl (C=O) groups is 1. The van der Waals surface area contributed by atoms with E-state index in [1.807, 2.05) is 0 Å². The highest BCUT2D eigenvalue weighted by molar-refractivity contribution is 5.72. The molecule has 0 bridgehead atoms. The van der Waals surface area contributed by atoms with Crippen LogP contribution in [0, 0.1) is 5.92 Å². The van der Waals surface area contributed by atoms with Crippen molar-refractivity contribution in [2.24, 2.45) is 11.7 Å². The van der Waals surface area contributed by atoms with Crippen LogP contribution in [-0.4, -0.2) is 25.4 Å². The molecule has 2 atom stereocenters. The van der Waals surface area contributed by atoms with Crippen LogP contribution in [0.15, 0.2) is 0 Å². The first-order valence-corrected chi connectivity index (χ1v) is 4.76. The molecule has 1 heterocycles. The molecule has 4 heteroatoms. The number of carbonyl (C=O) groups excluding carboxylic acids is 1. The summed E-state index contributed by atoms with van der Waals surface area (Å²) in [6.45, 7) is 2.69. The summed E-state index contributed by atoms with van der Waals surface area (Å²) in [7, 11) is 0. The molecule has 13 heavy (non-hydrogen) atoms. The Balaban J connectivity index is 2.37. The average Bonchev–Trinajstić information content (AvgIpc) is 2.18. The van der Waals surface area contributed by atoms with Crippen molar-refractivity contribution in [1.29, 1.82) is 0 Å². The average molecular weight is 187 g/mol. The topological polar surface area (TPSA) is 61.5 Å². The number of esters is 1. The molecule has 76 valence electrons. The molecule has 0 spiro atoms. The molecule has 1 rings (SSSR count). The molecule has 2 N–H and O–H groups in total. The van der Waals surface area contributed by atoms with E-state index in [9.17, 15) is 4.79 Å². The first-order valence-electron chi connectivity index (χ1n) is 4.76. The van der Waals surface area contributed by atoms with Crippen molar-refractivity contribution in [3.8, 4) is 0 Å². The van der Waals surface area contributed by atoms with Gasteiger partial charge >= 0.3 is 5.97 Å². The Labute approximate surface area is 78.4 Å². The van der Waals surface area contributed by atoms with E-state index in [0.29, 0.717) is 6.61 Å². The Hall–Kier alpha value is -0.610. The monoisotopic (exact) mass is 187 g/mol. The van der Waals surface area contributed by atoms with Crippen LogP contribution in [0.5, 0.6) is 0 Å². The fourth-order valence-corrected chi connectivity index (χ4v) is 1.58. The van der Waals surface area contributed by atoms with Crippen molar-refractivity contribution in [3.05, 3.63) is 0 Å². The first-order chi connectivity index (χ1) is 6.27. The molecule has 0 radical (unpaired) electrons. The molecule has 0 aliphatic carbocycles. The van der Waals surface area contributed by atoms with E-state index in [1.165, 1.54) is 0 Å². The molecule has 0 aromatic carbocycles. The van der Waals surface area contributed by atoms with Crippen molar-refractivity contribution >= 4 is 5.97 Å². The molecule has 2 unspecified atom stereocenters. The number of ether oxygens (including phenoxy) is 2. The van der Waals surface area contributed by atoms with Gasteiger partial charge in [-0.1, -0.05) is 6.92 Å². The van der Waals surface area contributed by atoms with Crippen LogP contribution in [0.4, 0.5) is 0 Å². The van der Waals surface area contributed by atoms with Gasteiger partial charge in [0.1, 0.15) is 6.73 Å². The van der Waals surface area contributed by atoms with Crippen LogP contribution in [0.3, 0.4) is 0 Å². The van der Waals surface area contributed by atoms with E-state index in [1.54, 1.807) is 0 Å². The van der Waals surface area contributed by atoms with E-state index in [2.05, 4.69) is 6.92 Å². The van der Waals surface area contributed by atoms with Crippen molar-refractivity contribution in [1.82, 2.24) is 0 Å². The zero-order valence-electron chi connectivity index (χ0n) is 7.99. The Morgan fingerprint density at radius 3 is 3.08 bits per heavy atom. The third-order valence-corrected chi connectivity index (χ3v) is 2.38. The summed E-state index contributed by atoms with van der Waals surface area (Å²) in [5, 5.41) is 0. The fourth-order valence-electron chi connectivity index (χ4n) is 1.58.